The van der Waals surface area contributed by atoms with Crippen molar-refractivity contribution in [2.24, 2.45) is 12.8 Å². The van der Waals surface area contributed by atoms with E-state index in [9.17, 15) is 9.59 Å². The molecule has 0 aliphatic carbocycles. The van der Waals surface area contributed by atoms with Crippen LogP contribution in [-0.2, 0) is 18.4 Å². The Labute approximate surface area is 203 Å². The molecule has 0 aliphatic rings. The maximum atomic E-state index is 13.3. The van der Waals surface area contributed by atoms with Crippen LogP contribution >= 0.6 is 0 Å². The average Bonchev–Trinajstić information content (AvgIpc) is 3.18. The molecule has 1 unspecified atom stereocenters. The van der Waals surface area contributed by atoms with Gasteiger partial charge in [0.15, 0.2) is 6.17 Å². The summed E-state index contributed by atoms with van der Waals surface area (Å²) >= 11 is 0. The van der Waals surface area contributed by atoms with Gasteiger partial charge >= 0.3 is 5.97 Å². The number of carboxylic acids is 1. The molecule has 0 saturated heterocycles. The lowest BCUT2D eigenvalue weighted by molar-refractivity contribution is -0.424. The molecule has 1 atom stereocenters. The summed E-state index contributed by atoms with van der Waals surface area (Å²) in [5.41, 5.74) is 14.1. The molecule has 0 radical (unpaired) electrons. The van der Waals surface area contributed by atoms with Crippen molar-refractivity contribution >= 4 is 34.3 Å². The molecule has 0 aliphatic heterocycles. The molecule has 9 nitrogen and oxygen atoms in total. The summed E-state index contributed by atoms with van der Waals surface area (Å²) in [4.78, 5) is 30.1. The topological polar surface area (TPSA) is 141 Å². The van der Waals surface area contributed by atoms with Crippen LogP contribution in [0, 0.1) is 0 Å². The van der Waals surface area contributed by atoms with Gasteiger partial charge in [0.25, 0.3) is 5.91 Å². The lowest BCUT2D eigenvalue weighted by atomic mass is 10.1. The summed E-state index contributed by atoms with van der Waals surface area (Å²) in [6.07, 6.45) is 1.15. The van der Waals surface area contributed by atoms with Gasteiger partial charge in [-0.3, -0.25) is 20.2 Å². The van der Waals surface area contributed by atoms with Gasteiger partial charge in [0.1, 0.15) is 5.82 Å². The molecular formula is C26H29N6O3+. The first-order valence-electron chi connectivity index (χ1n) is 11.3. The highest BCUT2D eigenvalue weighted by Gasteiger charge is 2.20. The number of carboxylic acid groups (broad SMARTS) is 1. The van der Waals surface area contributed by atoms with Crippen molar-refractivity contribution in [1.29, 1.82) is 0 Å². The molecule has 4 rings (SSSR count). The number of benzene rings is 2. The van der Waals surface area contributed by atoms with E-state index in [1.54, 1.807) is 30.5 Å². The predicted octanol–water partition coefficient (Wildman–Crippen LogP) is 2.51. The zero-order valence-corrected chi connectivity index (χ0v) is 19.5. The largest absolute Gasteiger partial charge is 0.481 e. The number of fused-ring (bicyclic) bond motifs is 1. The molecule has 9 heteroatoms. The van der Waals surface area contributed by atoms with E-state index in [0.29, 0.717) is 17.9 Å². The van der Waals surface area contributed by atoms with E-state index in [1.165, 1.54) is 4.90 Å². The van der Waals surface area contributed by atoms with Crippen LogP contribution in [0.4, 0.5) is 11.5 Å². The number of pyridine rings is 1. The van der Waals surface area contributed by atoms with E-state index in [1.807, 2.05) is 49.5 Å². The first-order chi connectivity index (χ1) is 16.8. The van der Waals surface area contributed by atoms with Crippen LogP contribution in [0.5, 0.6) is 0 Å². The second kappa shape index (κ2) is 10.4. The average molecular weight is 474 g/mol. The second-order valence-electron chi connectivity index (χ2n) is 8.34. The first kappa shape index (κ1) is 23.9. The number of rotatable bonds is 9. The molecule has 0 bridgehead atoms. The van der Waals surface area contributed by atoms with Crippen molar-refractivity contribution in [2.45, 2.75) is 19.1 Å². The monoisotopic (exact) mass is 473 g/mol. The molecule has 2 aromatic heterocycles. The Balaban J connectivity index is 1.55. The smallest absolute Gasteiger partial charge is 0.305 e. The molecular weight excluding hydrogens is 444 g/mol. The fourth-order valence-electron chi connectivity index (χ4n) is 3.95. The zero-order valence-electron chi connectivity index (χ0n) is 19.5. The van der Waals surface area contributed by atoms with E-state index in [-0.39, 0.29) is 25.0 Å². The third-order valence-electron chi connectivity index (χ3n) is 5.92. The number of amides is 1. The SMILES string of the molecule is Cn1c(CNc2ccc(C(N)[NH3+])cc2)cc2cc(C(=O)N(CCC(=O)O)c3ccccn3)ccc21. The molecule has 0 spiro atoms. The number of anilines is 2. The van der Waals surface area contributed by atoms with Crippen LogP contribution in [-0.4, -0.2) is 33.1 Å². The number of aromatic nitrogens is 2. The molecule has 2 heterocycles. The molecule has 2 aromatic carbocycles. The Morgan fingerprint density at radius 3 is 2.57 bits per heavy atom. The minimum absolute atomic E-state index is 0.0327. The summed E-state index contributed by atoms with van der Waals surface area (Å²) in [5.74, 6) is -0.847. The van der Waals surface area contributed by atoms with Gasteiger partial charge in [-0.25, -0.2) is 4.98 Å². The predicted molar refractivity (Wildman–Crippen MR) is 135 cm³/mol. The Morgan fingerprint density at radius 2 is 1.91 bits per heavy atom. The van der Waals surface area contributed by atoms with Crippen LogP contribution in [0.3, 0.4) is 0 Å². The van der Waals surface area contributed by atoms with Gasteiger partial charge < -0.3 is 20.7 Å². The summed E-state index contributed by atoms with van der Waals surface area (Å²) in [6.45, 7) is 0.633. The fraction of sp³-hybridized carbons (Fsp3) is 0.192. The lowest BCUT2D eigenvalue weighted by Crippen LogP contribution is -2.58. The number of aryl methyl sites for hydroxylation is 1. The summed E-state index contributed by atoms with van der Waals surface area (Å²) < 4.78 is 2.08. The van der Waals surface area contributed by atoms with Crippen molar-refractivity contribution in [1.82, 2.24) is 9.55 Å². The van der Waals surface area contributed by atoms with Crippen LogP contribution < -0.4 is 21.7 Å². The maximum absolute atomic E-state index is 13.3. The molecule has 0 fully saturated rings. The van der Waals surface area contributed by atoms with Crippen molar-refractivity contribution in [3.63, 3.8) is 0 Å². The zero-order chi connectivity index (χ0) is 24.9. The van der Waals surface area contributed by atoms with Gasteiger partial charge in [0.05, 0.1) is 13.0 Å². The Morgan fingerprint density at radius 1 is 1.14 bits per heavy atom. The molecule has 7 N–H and O–H groups in total. The minimum Gasteiger partial charge on any atom is -0.481 e. The van der Waals surface area contributed by atoms with E-state index in [2.05, 4.69) is 20.6 Å². The maximum Gasteiger partial charge on any atom is 0.305 e. The number of quaternary nitrogens is 1. The standard InChI is InChI=1S/C26H28N6O3/c1-31-21(16-30-20-8-5-17(6-9-20)25(27)28)15-19-14-18(7-10-22(19)31)26(35)32(13-11-24(33)34)23-4-2-3-12-29-23/h2-10,12,14-15,25,30H,11,13,16,27-28H2,1H3,(H,33,34)/p+1. The van der Waals surface area contributed by atoms with Gasteiger partial charge in [-0.2, -0.15) is 0 Å². The van der Waals surface area contributed by atoms with Gasteiger partial charge in [-0.1, -0.05) is 6.07 Å². The summed E-state index contributed by atoms with van der Waals surface area (Å²) in [7, 11) is 1.98. The van der Waals surface area contributed by atoms with Crippen molar-refractivity contribution < 1.29 is 20.4 Å². The number of hydrogen-bond donors (Lipinski definition) is 4. The van der Waals surface area contributed by atoms with Crippen molar-refractivity contribution in [3.8, 4) is 0 Å². The summed E-state index contributed by atoms with van der Waals surface area (Å²) in [6, 6.07) is 20.6. The van der Waals surface area contributed by atoms with E-state index < -0.39 is 5.97 Å². The third kappa shape index (κ3) is 5.48. The number of carbonyl (C=O) groups excluding carboxylic acids is 1. The Kier molecular flexibility index (Phi) is 7.09. The summed E-state index contributed by atoms with van der Waals surface area (Å²) in [5, 5.41) is 13.5. The minimum atomic E-state index is -0.974. The quantitative estimate of drug-likeness (QED) is 0.275. The van der Waals surface area contributed by atoms with Crippen molar-refractivity contribution in [2.75, 3.05) is 16.8 Å². The lowest BCUT2D eigenvalue weighted by Gasteiger charge is -2.21. The molecule has 0 saturated carbocycles. The van der Waals surface area contributed by atoms with Crippen LogP contribution in [0.15, 0.2) is 72.9 Å². The van der Waals surface area contributed by atoms with E-state index >= 15 is 0 Å². The normalized spacial score (nSPS) is 11.9. The first-order valence-corrected chi connectivity index (χ1v) is 11.3. The van der Waals surface area contributed by atoms with Crippen LogP contribution in [0.1, 0.15) is 34.2 Å². The highest BCUT2D eigenvalue weighted by atomic mass is 16.4. The highest BCUT2D eigenvalue weighted by molar-refractivity contribution is 6.07. The fourth-order valence-corrected chi connectivity index (χ4v) is 3.95. The van der Waals surface area contributed by atoms with Crippen LogP contribution in [0.2, 0.25) is 0 Å². The third-order valence-corrected chi connectivity index (χ3v) is 5.92. The van der Waals surface area contributed by atoms with Gasteiger partial charge in [-0.15, -0.1) is 0 Å². The van der Waals surface area contributed by atoms with Gasteiger partial charge in [-0.05, 0) is 60.7 Å². The Hall–Kier alpha value is -4.21. The molecule has 180 valence electrons. The number of hydrogen-bond acceptors (Lipinski definition) is 5. The number of nitrogens with zero attached hydrogens (tertiary/aromatic N) is 3. The second-order valence-corrected chi connectivity index (χ2v) is 8.34. The van der Waals surface area contributed by atoms with Gasteiger partial charge in [0, 0.05) is 53.2 Å². The number of nitrogens with one attached hydrogen (secondary N) is 1. The van der Waals surface area contributed by atoms with Gasteiger partial charge in [0.2, 0.25) is 0 Å². The van der Waals surface area contributed by atoms with Crippen LogP contribution in [0.25, 0.3) is 10.9 Å². The number of aliphatic carboxylic acids is 1. The van der Waals surface area contributed by atoms with E-state index in [0.717, 1.165) is 27.8 Å². The Bertz CT molecular complexity index is 1330. The molecule has 4 aromatic rings. The highest BCUT2D eigenvalue weighted by Crippen LogP contribution is 2.23. The van der Waals surface area contributed by atoms with E-state index in [4.69, 9.17) is 10.8 Å². The number of carbonyl (C=O) groups is 2. The molecule has 35 heavy (non-hydrogen) atoms. The molecule has 1 amide bonds. The van der Waals surface area contributed by atoms with Crippen molar-refractivity contribution in [3.05, 3.63) is 89.7 Å². The number of nitrogens with two attached hydrogens (primary N) is 1.